The summed E-state index contributed by atoms with van der Waals surface area (Å²) in [6, 6.07) is 0. The summed E-state index contributed by atoms with van der Waals surface area (Å²) in [5.41, 5.74) is 0. The van der Waals surface area contributed by atoms with Crippen LogP contribution in [0.4, 0.5) is 4.79 Å². The summed E-state index contributed by atoms with van der Waals surface area (Å²) in [4.78, 5) is 11.0. The van der Waals surface area contributed by atoms with Crippen molar-refractivity contribution in [3.63, 3.8) is 0 Å². The van der Waals surface area contributed by atoms with Gasteiger partial charge >= 0.3 is 5.30 Å². The van der Waals surface area contributed by atoms with Crippen LogP contribution in [0.25, 0.3) is 0 Å². The Morgan fingerprint density at radius 3 is 2.79 bits per heavy atom. The third-order valence-corrected chi connectivity index (χ3v) is 2.21. The molecule has 4 nitrogen and oxygen atoms in total. The first kappa shape index (κ1) is 13.3. The molecule has 0 aliphatic carbocycles. The molecule has 5 heteroatoms. The molecule has 0 bridgehead atoms. The standard InChI is InChI=1S/C9H18N2O2S/c1-5-13-9(12)14-8(2)6-7-10-11(3)4/h7-8H,5-6H2,1-4H3. The minimum Gasteiger partial charge on any atom is -0.458 e. The number of rotatable bonds is 5. The monoisotopic (exact) mass is 218 g/mol. The lowest BCUT2D eigenvalue weighted by Gasteiger charge is -2.07. The van der Waals surface area contributed by atoms with E-state index >= 15 is 0 Å². The highest BCUT2D eigenvalue weighted by molar-refractivity contribution is 8.13. The molecule has 82 valence electrons. The zero-order chi connectivity index (χ0) is 11.0. The van der Waals surface area contributed by atoms with Crippen LogP contribution in [0.2, 0.25) is 0 Å². The van der Waals surface area contributed by atoms with E-state index in [0.717, 1.165) is 6.42 Å². The predicted molar refractivity (Wildman–Crippen MR) is 60.9 cm³/mol. The molecule has 0 rings (SSSR count). The molecule has 0 aliphatic rings. The Balaban J connectivity index is 3.64. The van der Waals surface area contributed by atoms with Crippen molar-refractivity contribution in [1.82, 2.24) is 5.01 Å². The molecule has 0 spiro atoms. The van der Waals surface area contributed by atoms with Gasteiger partial charge in [-0.3, -0.25) is 0 Å². The topological polar surface area (TPSA) is 41.9 Å². The molecule has 0 heterocycles. The average molecular weight is 218 g/mol. The molecule has 0 saturated heterocycles. The molecule has 0 aromatic heterocycles. The SMILES string of the molecule is CCOC(=O)SC(C)CC=NN(C)C. The molecule has 1 unspecified atom stereocenters. The Hall–Kier alpha value is -0.710. The average Bonchev–Trinajstić information content (AvgIpc) is 2.03. The van der Waals surface area contributed by atoms with Crippen molar-refractivity contribution >= 4 is 23.3 Å². The number of nitrogens with zero attached hydrogens (tertiary/aromatic N) is 2. The van der Waals surface area contributed by atoms with Crippen LogP contribution in [0.5, 0.6) is 0 Å². The summed E-state index contributed by atoms with van der Waals surface area (Å²) in [5, 5.41) is 5.78. The van der Waals surface area contributed by atoms with Gasteiger partial charge in [0.25, 0.3) is 0 Å². The van der Waals surface area contributed by atoms with E-state index in [1.807, 2.05) is 21.0 Å². The van der Waals surface area contributed by atoms with Gasteiger partial charge < -0.3 is 9.75 Å². The van der Waals surface area contributed by atoms with Gasteiger partial charge in [0, 0.05) is 25.6 Å². The fraction of sp³-hybridized carbons (Fsp3) is 0.778. The summed E-state index contributed by atoms with van der Waals surface area (Å²) >= 11 is 1.20. The van der Waals surface area contributed by atoms with Crippen molar-refractivity contribution in [1.29, 1.82) is 0 Å². The number of hydrazone groups is 1. The molecule has 14 heavy (non-hydrogen) atoms. The Kier molecular flexibility index (Phi) is 7.28. The van der Waals surface area contributed by atoms with Crippen molar-refractivity contribution in [2.24, 2.45) is 5.10 Å². The summed E-state index contributed by atoms with van der Waals surface area (Å²) < 4.78 is 4.81. The highest BCUT2D eigenvalue weighted by Gasteiger charge is 2.08. The van der Waals surface area contributed by atoms with Crippen LogP contribution < -0.4 is 0 Å². The Bertz CT molecular complexity index is 195. The van der Waals surface area contributed by atoms with Crippen LogP contribution in [0.1, 0.15) is 20.3 Å². The quantitative estimate of drug-likeness (QED) is 0.403. The minimum absolute atomic E-state index is 0.206. The maximum atomic E-state index is 11.0. The maximum absolute atomic E-state index is 11.0. The fourth-order valence-electron chi connectivity index (χ4n) is 0.723. The number of ether oxygens (including phenoxy) is 1. The smallest absolute Gasteiger partial charge is 0.367 e. The van der Waals surface area contributed by atoms with Gasteiger partial charge in [0.05, 0.1) is 6.61 Å². The van der Waals surface area contributed by atoms with Crippen LogP contribution in [-0.4, -0.2) is 42.5 Å². The normalized spacial score (nSPS) is 12.9. The van der Waals surface area contributed by atoms with E-state index < -0.39 is 0 Å². The molecule has 0 fully saturated rings. The van der Waals surface area contributed by atoms with E-state index in [9.17, 15) is 4.79 Å². The lowest BCUT2D eigenvalue weighted by atomic mass is 10.4. The molecule has 0 aromatic carbocycles. The van der Waals surface area contributed by atoms with Gasteiger partial charge in [0.2, 0.25) is 0 Å². The number of hydrogen-bond donors (Lipinski definition) is 0. The molecule has 0 saturated carbocycles. The highest BCUT2D eigenvalue weighted by atomic mass is 32.2. The number of hydrogen-bond acceptors (Lipinski definition) is 5. The largest absolute Gasteiger partial charge is 0.458 e. The van der Waals surface area contributed by atoms with Gasteiger partial charge in [-0.1, -0.05) is 6.92 Å². The van der Waals surface area contributed by atoms with E-state index in [0.29, 0.717) is 6.61 Å². The summed E-state index contributed by atoms with van der Waals surface area (Å²) in [5.74, 6) is 0. The molecule has 0 radical (unpaired) electrons. The Labute approximate surface area is 89.7 Å². The van der Waals surface area contributed by atoms with Crippen LogP contribution >= 0.6 is 11.8 Å². The third-order valence-electron chi connectivity index (χ3n) is 1.31. The van der Waals surface area contributed by atoms with Crippen LogP contribution in [0, 0.1) is 0 Å². The predicted octanol–water partition coefficient (Wildman–Crippen LogP) is 2.20. The zero-order valence-electron chi connectivity index (χ0n) is 9.19. The fourth-order valence-corrected chi connectivity index (χ4v) is 1.42. The van der Waals surface area contributed by atoms with Crippen LogP contribution in [0.3, 0.4) is 0 Å². The van der Waals surface area contributed by atoms with Gasteiger partial charge in [-0.2, -0.15) is 5.10 Å². The lowest BCUT2D eigenvalue weighted by molar-refractivity contribution is 0.181. The van der Waals surface area contributed by atoms with Gasteiger partial charge in [0.1, 0.15) is 0 Å². The molecular weight excluding hydrogens is 200 g/mol. The summed E-state index contributed by atoms with van der Waals surface area (Å²) in [6.07, 6.45) is 2.57. The van der Waals surface area contributed by atoms with E-state index in [1.54, 1.807) is 18.1 Å². The second kappa shape index (κ2) is 7.67. The number of thioether (sulfide) groups is 1. The van der Waals surface area contributed by atoms with E-state index in [2.05, 4.69) is 5.10 Å². The van der Waals surface area contributed by atoms with Crippen LogP contribution in [0.15, 0.2) is 5.10 Å². The first-order valence-electron chi connectivity index (χ1n) is 4.59. The molecule has 1 atom stereocenters. The van der Waals surface area contributed by atoms with Gasteiger partial charge in [0.15, 0.2) is 0 Å². The Morgan fingerprint density at radius 2 is 2.29 bits per heavy atom. The second-order valence-corrected chi connectivity index (χ2v) is 4.37. The van der Waals surface area contributed by atoms with E-state index in [-0.39, 0.29) is 10.6 Å². The molecular formula is C9H18N2O2S. The number of carbonyl (C=O) groups is 1. The van der Waals surface area contributed by atoms with Crippen molar-refractivity contribution < 1.29 is 9.53 Å². The van der Waals surface area contributed by atoms with Gasteiger partial charge in [-0.15, -0.1) is 0 Å². The molecule has 0 aliphatic heterocycles. The highest BCUT2D eigenvalue weighted by Crippen LogP contribution is 2.15. The first-order valence-corrected chi connectivity index (χ1v) is 5.47. The van der Waals surface area contributed by atoms with Gasteiger partial charge in [-0.25, -0.2) is 4.79 Å². The van der Waals surface area contributed by atoms with Crippen molar-refractivity contribution in [3.8, 4) is 0 Å². The van der Waals surface area contributed by atoms with Crippen molar-refractivity contribution in [2.75, 3.05) is 20.7 Å². The maximum Gasteiger partial charge on any atom is 0.367 e. The molecule has 0 aromatic rings. The molecule has 0 N–H and O–H groups in total. The molecule has 0 amide bonds. The summed E-state index contributed by atoms with van der Waals surface area (Å²) in [6.45, 7) is 4.21. The third kappa shape index (κ3) is 7.91. The van der Waals surface area contributed by atoms with E-state index in [1.165, 1.54) is 11.8 Å². The second-order valence-electron chi connectivity index (χ2n) is 2.99. The minimum atomic E-state index is -0.210. The lowest BCUT2D eigenvalue weighted by Crippen LogP contribution is -2.07. The number of carbonyl (C=O) groups excluding carboxylic acids is 1. The first-order chi connectivity index (χ1) is 6.56. The van der Waals surface area contributed by atoms with Crippen molar-refractivity contribution in [3.05, 3.63) is 0 Å². The van der Waals surface area contributed by atoms with Crippen LogP contribution in [-0.2, 0) is 4.74 Å². The van der Waals surface area contributed by atoms with E-state index in [4.69, 9.17) is 4.74 Å². The Morgan fingerprint density at radius 1 is 1.64 bits per heavy atom. The van der Waals surface area contributed by atoms with Crippen molar-refractivity contribution in [2.45, 2.75) is 25.5 Å². The zero-order valence-corrected chi connectivity index (χ0v) is 10.0. The summed E-state index contributed by atoms with van der Waals surface area (Å²) in [7, 11) is 3.72. The van der Waals surface area contributed by atoms with Gasteiger partial charge in [-0.05, 0) is 25.1 Å².